The molecule has 148 valence electrons. The monoisotopic (exact) mass is 462 g/mol. The Morgan fingerprint density at radius 2 is 2.21 bits per heavy atom. The number of ether oxygens (including phenoxy) is 1. The number of ketones is 1. The van der Waals surface area contributed by atoms with E-state index in [2.05, 4.69) is 40.1 Å². The van der Waals surface area contributed by atoms with E-state index in [1.165, 1.54) is 0 Å². The summed E-state index contributed by atoms with van der Waals surface area (Å²) in [6.07, 6.45) is 3.19. The van der Waals surface area contributed by atoms with Crippen LogP contribution in [0.1, 0.15) is 51.1 Å². The van der Waals surface area contributed by atoms with Crippen molar-refractivity contribution in [1.82, 2.24) is 14.8 Å². The first-order valence-electron chi connectivity index (χ1n) is 9.67. The normalized spacial score (nSPS) is 18.5. The highest BCUT2D eigenvalue weighted by Gasteiger charge is 2.38. The summed E-state index contributed by atoms with van der Waals surface area (Å²) in [5.74, 6) is 2.54. The number of aromatic nitrogens is 3. The average Bonchev–Trinajstić information content (AvgIpc) is 3.08. The van der Waals surface area contributed by atoms with Crippen LogP contribution in [0.3, 0.4) is 0 Å². The van der Waals surface area contributed by atoms with Crippen molar-refractivity contribution in [1.29, 1.82) is 0 Å². The number of halogens is 1. The Kier molecular flexibility index (Phi) is 5.78. The molecule has 8 heteroatoms. The van der Waals surface area contributed by atoms with Crippen molar-refractivity contribution in [3.05, 3.63) is 39.5 Å². The second-order valence-electron chi connectivity index (χ2n) is 6.82. The highest BCUT2D eigenvalue weighted by molar-refractivity contribution is 9.10. The van der Waals surface area contributed by atoms with Crippen molar-refractivity contribution in [2.45, 2.75) is 50.7 Å². The summed E-state index contributed by atoms with van der Waals surface area (Å²) in [5.41, 5.74) is 2.69. The minimum Gasteiger partial charge on any atom is -0.493 e. The van der Waals surface area contributed by atoms with Crippen LogP contribution in [0, 0.1) is 0 Å². The highest BCUT2D eigenvalue weighted by atomic mass is 79.9. The Labute approximate surface area is 177 Å². The zero-order chi connectivity index (χ0) is 19.7. The topological polar surface area (TPSA) is 69.0 Å². The van der Waals surface area contributed by atoms with Crippen LogP contribution >= 0.6 is 27.7 Å². The van der Waals surface area contributed by atoms with Crippen molar-refractivity contribution < 1.29 is 9.53 Å². The molecule has 1 unspecified atom stereocenters. The molecule has 4 rings (SSSR count). The Bertz CT molecular complexity index is 940. The number of thioether (sulfide) groups is 1. The van der Waals surface area contributed by atoms with Crippen LogP contribution in [0.2, 0.25) is 0 Å². The molecule has 6 nitrogen and oxygen atoms in total. The van der Waals surface area contributed by atoms with Gasteiger partial charge in [-0.3, -0.25) is 4.79 Å². The van der Waals surface area contributed by atoms with E-state index < -0.39 is 0 Å². The fourth-order valence-electron chi connectivity index (χ4n) is 3.69. The van der Waals surface area contributed by atoms with Crippen LogP contribution in [-0.4, -0.2) is 32.9 Å². The number of anilines is 1. The summed E-state index contributed by atoms with van der Waals surface area (Å²) in [5, 5.41) is 8.81. The SMILES string of the molecule is CCCOc1ccc(Br)cc1C1C2=C(CCCC2=O)Nc2nc(SCC)nn21. The predicted octanol–water partition coefficient (Wildman–Crippen LogP) is 4.96. The van der Waals surface area contributed by atoms with Gasteiger partial charge in [0.15, 0.2) is 5.78 Å². The first-order chi connectivity index (χ1) is 13.6. The Morgan fingerprint density at radius 1 is 1.36 bits per heavy atom. The smallest absolute Gasteiger partial charge is 0.227 e. The van der Waals surface area contributed by atoms with E-state index in [0.717, 1.165) is 52.1 Å². The van der Waals surface area contributed by atoms with Gasteiger partial charge in [0.25, 0.3) is 0 Å². The number of nitrogens with one attached hydrogen (secondary N) is 1. The third-order valence-corrected chi connectivity index (χ3v) is 6.06. The fourth-order valence-corrected chi connectivity index (χ4v) is 4.62. The van der Waals surface area contributed by atoms with Crippen molar-refractivity contribution in [2.75, 3.05) is 17.7 Å². The summed E-state index contributed by atoms with van der Waals surface area (Å²) < 4.78 is 8.83. The second-order valence-corrected chi connectivity index (χ2v) is 8.97. The van der Waals surface area contributed by atoms with E-state index in [-0.39, 0.29) is 11.8 Å². The number of hydrogen-bond donors (Lipinski definition) is 1. The number of carbonyl (C=O) groups is 1. The molecule has 2 aromatic rings. The molecule has 0 saturated carbocycles. The zero-order valence-electron chi connectivity index (χ0n) is 16.0. The van der Waals surface area contributed by atoms with Gasteiger partial charge in [0, 0.05) is 27.7 Å². The molecule has 28 heavy (non-hydrogen) atoms. The van der Waals surface area contributed by atoms with Gasteiger partial charge < -0.3 is 10.1 Å². The van der Waals surface area contributed by atoms with Crippen LogP contribution in [-0.2, 0) is 4.79 Å². The fraction of sp³-hybridized carbons (Fsp3) is 0.450. The van der Waals surface area contributed by atoms with Crippen LogP contribution in [0.5, 0.6) is 5.75 Å². The molecule has 0 radical (unpaired) electrons. The number of fused-ring (bicyclic) bond motifs is 1. The average molecular weight is 463 g/mol. The molecule has 2 heterocycles. The minimum atomic E-state index is -0.331. The van der Waals surface area contributed by atoms with Gasteiger partial charge in [0.1, 0.15) is 11.8 Å². The van der Waals surface area contributed by atoms with Gasteiger partial charge in [-0.05, 0) is 43.2 Å². The second kappa shape index (κ2) is 8.29. The molecular weight excluding hydrogens is 440 g/mol. The Morgan fingerprint density at radius 3 is 3.00 bits per heavy atom. The van der Waals surface area contributed by atoms with Gasteiger partial charge in [0.2, 0.25) is 11.1 Å². The lowest BCUT2D eigenvalue weighted by atomic mass is 9.85. The van der Waals surface area contributed by atoms with E-state index in [1.807, 2.05) is 22.9 Å². The first-order valence-corrected chi connectivity index (χ1v) is 11.4. The molecule has 1 atom stereocenters. The summed E-state index contributed by atoms with van der Waals surface area (Å²) in [6, 6.07) is 5.63. The number of benzene rings is 1. The molecule has 0 bridgehead atoms. The maximum atomic E-state index is 12.9. The maximum Gasteiger partial charge on any atom is 0.227 e. The van der Waals surface area contributed by atoms with Crippen molar-refractivity contribution in [2.24, 2.45) is 0 Å². The molecule has 0 saturated heterocycles. The molecule has 1 aromatic heterocycles. The van der Waals surface area contributed by atoms with Crippen molar-refractivity contribution in [3.8, 4) is 5.75 Å². The van der Waals surface area contributed by atoms with E-state index >= 15 is 0 Å². The number of allylic oxidation sites excluding steroid dienone is 2. The van der Waals surface area contributed by atoms with Crippen molar-refractivity contribution >= 4 is 39.4 Å². The van der Waals surface area contributed by atoms with Gasteiger partial charge in [-0.1, -0.05) is 41.5 Å². The number of Topliss-reactive ketones (excluding diaryl/α,β-unsaturated/α-hetero) is 1. The number of hydrogen-bond acceptors (Lipinski definition) is 6. The van der Waals surface area contributed by atoms with Crippen LogP contribution < -0.4 is 10.1 Å². The summed E-state index contributed by atoms with van der Waals surface area (Å²) in [4.78, 5) is 17.6. The standard InChI is InChI=1S/C20H23BrN4O2S/c1-3-10-27-16-9-8-12(21)11-13(16)18-17-14(6-5-7-15(17)26)22-19-23-20(28-4-2)24-25(18)19/h8-9,11,18H,3-7,10H2,1-2H3,(H,22,23,24). The maximum absolute atomic E-state index is 12.9. The lowest BCUT2D eigenvalue weighted by molar-refractivity contribution is -0.116. The molecule has 1 N–H and O–H groups in total. The van der Waals surface area contributed by atoms with E-state index in [0.29, 0.717) is 24.1 Å². The van der Waals surface area contributed by atoms with Gasteiger partial charge in [-0.25, -0.2) is 4.68 Å². The van der Waals surface area contributed by atoms with Crippen LogP contribution in [0.25, 0.3) is 0 Å². The summed E-state index contributed by atoms with van der Waals surface area (Å²) in [7, 11) is 0. The third kappa shape index (κ3) is 3.59. The van der Waals surface area contributed by atoms with Crippen LogP contribution in [0.4, 0.5) is 5.95 Å². The van der Waals surface area contributed by atoms with Gasteiger partial charge in [-0.15, -0.1) is 5.10 Å². The first kappa shape index (κ1) is 19.5. The molecule has 1 aliphatic heterocycles. The molecule has 0 spiro atoms. The summed E-state index contributed by atoms with van der Waals surface area (Å²) >= 11 is 5.18. The Hall–Kier alpha value is -1.80. The van der Waals surface area contributed by atoms with Gasteiger partial charge in [0.05, 0.1) is 6.61 Å². The largest absolute Gasteiger partial charge is 0.493 e. The number of rotatable bonds is 6. The van der Waals surface area contributed by atoms with Gasteiger partial charge in [-0.2, -0.15) is 4.98 Å². The Balaban J connectivity index is 1.89. The molecule has 1 aliphatic carbocycles. The van der Waals surface area contributed by atoms with Crippen LogP contribution in [0.15, 0.2) is 39.1 Å². The quantitative estimate of drug-likeness (QED) is 0.611. The number of nitrogens with zero attached hydrogens (tertiary/aromatic N) is 3. The number of carbonyl (C=O) groups excluding carboxylic acids is 1. The molecular formula is C20H23BrN4O2S. The molecule has 1 aromatic carbocycles. The predicted molar refractivity (Wildman–Crippen MR) is 114 cm³/mol. The highest BCUT2D eigenvalue weighted by Crippen LogP contribution is 2.43. The molecule has 2 aliphatic rings. The van der Waals surface area contributed by atoms with Crippen molar-refractivity contribution in [3.63, 3.8) is 0 Å². The zero-order valence-corrected chi connectivity index (χ0v) is 18.4. The van der Waals surface area contributed by atoms with E-state index in [4.69, 9.17) is 9.84 Å². The van der Waals surface area contributed by atoms with Gasteiger partial charge >= 0.3 is 0 Å². The third-order valence-electron chi connectivity index (χ3n) is 4.85. The molecule has 0 amide bonds. The van der Waals surface area contributed by atoms with E-state index in [1.54, 1.807) is 11.8 Å². The lowest BCUT2D eigenvalue weighted by Gasteiger charge is -2.33. The summed E-state index contributed by atoms with van der Waals surface area (Å²) in [6.45, 7) is 4.78. The lowest BCUT2D eigenvalue weighted by Crippen LogP contribution is -2.31. The van der Waals surface area contributed by atoms with E-state index in [9.17, 15) is 4.79 Å². The minimum absolute atomic E-state index is 0.172. The molecule has 0 fully saturated rings.